The van der Waals surface area contributed by atoms with Crippen molar-refractivity contribution in [3.8, 4) is 5.75 Å². The van der Waals surface area contributed by atoms with Gasteiger partial charge in [0.2, 0.25) is 0 Å². The Morgan fingerprint density at radius 2 is 1.62 bits per heavy atom. The summed E-state index contributed by atoms with van der Waals surface area (Å²) in [4.78, 5) is 12.5. The maximum absolute atomic E-state index is 13.3. The molecule has 0 aromatic heterocycles. The molecule has 0 fully saturated rings. The number of carbonyl (C=O) groups is 1. The standard InChI is InChI=1S/C23H20F3N3O4S/c1-33-21-14-8-7-13-20(21)29(34(31,32)18-10-3-2-4-11-18)16-22(30)28-27-15-17-9-5-6-12-19(17)23(24,25)26/h2-15H,16H2,1H3,(H,28,30). The fourth-order valence-corrected chi connectivity index (χ4v) is 4.52. The molecule has 0 spiro atoms. The normalized spacial score (nSPS) is 11.9. The molecule has 0 saturated heterocycles. The molecular weight excluding hydrogens is 471 g/mol. The third-order valence-electron chi connectivity index (χ3n) is 4.63. The fraction of sp³-hybridized carbons (Fsp3) is 0.130. The predicted molar refractivity (Wildman–Crippen MR) is 121 cm³/mol. The number of hydrogen-bond acceptors (Lipinski definition) is 5. The Labute approximate surface area is 194 Å². The van der Waals surface area contributed by atoms with Crippen LogP contribution >= 0.6 is 0 Å². The van der Waals surface area contributed by atoms with E-state index in [0.717, 1.165) is 16.6 Å². The van der Waals surface area contributed by atoms with Crippen LogP contribution in [0.3, 0.4) is 0 Å². The van der Waals surface area contributed by atoms with Gasteiger partial charge < -0.3 is 4.74 Å². The third kappa shape index (κ3) is 5.73. The number of methoxy groups -OCH3 is 1. The first-order chi connectivity index (χ1) is 16.1. The molecule has 3 aromatic carbocycles. The van der Waals surface area contributed by atoms with Crippen molar-refractivity contribution in [2.45, 2.75) is 11.1 Å². The van der Waals surface area contributed by atoms with Crippen molar-refractivity contribution >= 4 is 27.8 Å². The van der Waals surface area contributed by atoms with Crippen LogP contribution in [0.5, 0.6) is 5.75 Å². The topological polar surface area (TPSA) is 88.1 Å². The first-order valence-electron chi connectivity index (χ1n) is 9.83. The molecule has 0 bridgehead atoms. The Hall–Kier alpha value is -3.86. The zero-order chi connectivity index (χ0) is 24.8. The van der Waals surface area contributed by atoms with Crippen molar-refractivity contribution in [3.05, 3.63) is 90.0 Å². The van der Waals surface area contributed by atoms with Gasteiger partial charge in [-0.2, -0.15) is 18.3 Å². The van der Waals surface area contributed by atoms with E-state index >= 15 is 0 Å². The number of halogens is 3. The summed E-state index contributed by atoms with van der Waals surface area (Å²) in [6.07, 6.45) is -3.75. The van der Waals surface area contributed by atoms with Crippen LogP contribution < -0.4 is 14.5 Å². The van der Waals surface area contributed by atoms with Gasteiger partial charge in [0.15, 0.2) is 0 Å². The third-order valence-corrected chi connectivity index (χ3v) is 6.41. The number of benzene rings is 3. The van der Waals surface area contributed by atoms with Crippen molar-refractivity contribution in [2.24, 2.45) is 5.10 Å². The molecule has 1 amide bonds. The molecule has 0 aliphatic carbocycles. The smallest absolute Gasteiger partial charge is 0.417 e. The lowest BCUT2D eigenvalue weighted by molar-refractivity contribution is -0.137. The van der Waals surface area contributed by atoms with Crippen LogP contribution in [0.15, 0.2) is 88.9 Å². The van der Waals surface area contributed by atoms with Gasteiger partial charge >= 0.3 is 6.18 Å². The fourth-order valence-electron chi connectivity index (χ4n) is 3.06. The van der Waals surface area contributed by atoms with Crippen LogP contribution in [0, 0.1) is 0 Å². The van der Waals surface area contributed by atoms with Gasteiger partial charge in [-0.3, -0.25) is 9.10 Å². The minimum atomic E-state index is -4.60. The maximum atomic E-state index is 13.3. The molecule has 11 heteroatoms. The average Bonchev–Trinajstić information content (AvgIpc) is 2.82. The average molecular weight is 491 g/mol. The van der Waals surface area contributed by atoms with Gasteiger partial charge in [0.05, 0.1) is 29.5 Å². The lowest BCUT2D eigenvalue weighted by Gasteiger charge is -2.25. The van der Waals surface area contributed by atoms with Gasteiger partial charge in [0.25, 0.3) is 15.9 Å². The zero-order valence-electron chi connectivity index (χ0n) is 17.9. The summed E-state index contributed by atoms with van der Waals surface area (Å²) in [5.74, 6) is -0.663. The quantitative estimate of drug-likeness (QED) is 0.380. The van der Waals surface area contributed by atoms with Crippen LogP contribution in [0.4, 0.5) is 18.9 Å². The number of amides is 1. The first-order valence-corrected chi connectivity index (χ1v) is 11.3. The van der Waals surface area contributed by atoms with E-state index in [1.807, 2.05) is 0 Å². The minimum Gasteiger partial charge on any atom is -0.495 e. The van der Waals surface area contributed by atoms with E-state index in [1.54, 1.807) is 18.2 Å². The highest BCUT2D eigenvalue weighted by Crippen LogP contribution is 2.32. The van der Waals surface area contributed by atoms with Crippen LogP contribution in [-0.2, 0) is 21.0 Å². The summed E-state index contributed by atoms with van der Waals surface area (Å²) in [6.45, 7) is -0.699. The number of nitrogens with zero attached hydrogens (tertiary/aromatic N) is 2. The summed E-state index contributed by atoms with van der Waals surface area (Å²) < 4.78 is 72.1. The van der Waals surface area contributed by atoms with Gasteiger partial charge in [0.1, 0.15) is 12.3 Å². The first kappa shape index (κ1) is 24.8. The molecule has 3 aromatic rings. The Morgan fingerprint density at radius 3 is 2.29 bits per heavy atom. The van der Waals surface area contributed by atoms with E-state index < -0.39 is 34.2 Å². The van der Waals surface area contributed by atoms with E-state index in [9.17, 15) is 26.4 Å². The van der Waals surface area contributed by atoms with Gasteiger partial charge in [-0.1, -0.05) is 48.5 Å². The summed E-state index contributed by atoms with van der Waals surface area (Å²) in [7, 11) is -2.84. The molecule has 0 aliphatic heterocycles. The Balaban J connectivity index is 1.88. The Kier molecular flexibility index (Phi) is 7.57. The summed E-state index contributed by atoms with van der Waals surface area (Å²) in [6, 6.07) is 18.4. The number of anilines is 1. The number of hydrogen-bond donors (Lipinski definition) is 1. The van der Waals surface area contributed by atoms with Gasteiger partial charge in [-0.25, -0.2) is 13.8 Å². The van der Waals surface area contributed by atoms with Gasteiger partial charge in [-0.15, -0.1) is 0 Å². The monoisotopic (exact) mass is 491 g/mol. The Morgan fingerprint density at radius 1 is 1.00 bits per heavy atom. The SMILES string of the molecule is COc1ccccc1N(CC(=O)NN=Cc1ccccc1C(F)(F)F)S(=O)(=O)c1ccccc1. The lowest BCUT2D eigenvalue weighted by atomic mass is 10.1. The number of para-hydroxylation sites is 2. The molecule has 0 unspecified atom stereocenters. The largest absolute Gasteiger partial charge is 0.495 e. The van der Waals surface area contributed by atoms with Gasteiger partial charge in [0, 0.05) is 5.56 Å². The number of ether oxygens (including phenoxy) is 1. The van der Waals surface area contributed by atoms with Gasteiger partial charge in [-0.05, 0) is 30.3 Å². The van der Waals surface area contributed by atoms with E-state index in [4.69, 9.17) is 4.74 Å². The zero-order valence-corrected chi connectivity index (χ0v) is 18.7. The summed E-state index contributed by atoms with van der Waals surface area (Å²) in [5, 5.41) is 3.58. The number of carbonyl (C=O) groups excluding carboxylic acids is 1. The lowest BCUT2D eigenvalue weighted by Crippen LogP contribution is -2.39. The van der Waals surface area contributed by atoms with Crippen molar-refractivity contribution in [2.75, 3.05) is 18.0 Å². The molecule has 0 atom stereocenters. The van der Waals surface area contributed by atoms with E-state index in [2.05, 4.69) is 10.5 Å². The van der Waals surface area contributed by atoms with Crippen LogP contribution in [0.1, 0.15) is 11.1 Å². The molecule has 3 rings (SSSR count). The van der Waals surface area contributed by atoms with Crippen molar-refractivity contribution in [1.82, 2.24) is 5.43 Å². The van der Waals surface area contributed by atoms with Crippen molar-refractivity contribution in [3.63, 3.8) is 0 Å². The highest BCUT2D eigenvalue weighted by atomic mass is 32.2. The number of sulfonamides is 1. The van der Waals surface area contributed by atoms with Crippen molar-refractivity contribution < 1.29 is 31.1 Å². The molecule has 1 N–H and O–H groups in total. The van der Waals surface area contributed by atoms with E-state index in [0.29, 0.717) is 0 Å². The highest BCUT2D eigenvalue weighted by Gasteiger charge is 2.32. The molecule has 0 radical (unpaired) electrons. The Bertz CT molecular complexity index is 1280. The molecule has 0 heterocycles. The minimum absolute atomic E-state index is 0.0590. The number of rotatable bonds is 8. The molecule has 0 aliphatic rings. The number of alkyl halides is 3. The number of hydrazone groups is 1. The molecule has 7 nitrogen and oxygen atoms in total. The second kappa shape index (κ2) is 10.4. The van der Waals surface area contributed by atoms with Crippen LogP contribution in [0.25, 0.3) is 0 Å². The van der Waals surface area contributed by atoms with E-state index in [-0.39, 0.29) is 21.9 Å². The molecular formula is C23H20F3N3O4S. The maximum Gasteiger partial charge on any atom is 0.417 e. The predicted octanol–water partition coefficient (Wildman–Crippen LogP) is 4.06. The van der Waals surface area contributed by atoms with Crippen LogP contribution in [-0.4, -0.2) is 34.2 Å². The number of nitrogens with one attached hydrogen (secondary N) is 1. The van der Waals surface area contributed by atoms with E-state index in [1.165, 1.54) is 61.7 Å². The second-order valence-corrected chi connectivity index (χ2v) is 8.74. The second-order valence-electron chi connectivity index (χ2n) is 6.87. The summed E-state index contributed by atoms with van der Waals surface area (Å²) >= 11 is 0. The summed E-state index contributed by atoms with van der Waals surface area (Å²) in [5.41, 5.74) is 1.02. The van der Waals surface area contributed by atoms with Crippen LogP contribution in [0.2, 0.25) is 0 Å². The molecule has 178 valence electrons. The highest BCUT2D eigenvalue weighted by molar-refractivity contribution is 7.92. The molecule has 0 saturated carbocycles. The molecule has 34 heavy (non-hydrogen) atoms. The van der Waals surface area contributed by atoms with Crippen molar-refractivity contribution in [1.29, 1.82) is 0 Å².